The van der Waals surface area contributed by atoms with Crippen molar-refractivity contribution in [1.82, 2.24) is 10.2 Å². The lowest BCUT2D eigenvalue weighted by molar-refractivity contribution is -0.122. The van der Waals surface area contributed by atoms with Crippen molar-refractivity contribution in [2.45, 2.75) is 26.3 Å². The quantitative estimate of drug-likeness (QED) is 0.936. The van der Waals surface area contributed by atoms with Gasteiger partial charge in [-0.15, -0.1) is 0 Å². The molecule has 2 aromatic rings. The van der Waals surface area contributed by atoms with Crippen molar-refractivity contribution in [3.05, 3.63) is 48.0 Å². The van der Waals surface area contributed by atoms with Crippen molar-refractivity contribution in [1.29, 1.82) is 0 Å². The van der Waals surface area contributed by atoms with Crippen LogP contribution in [0.15, 0.2) is 40.8 Å². The van der Waals surface area contributed by atoms with E-state index in [1.807, 2.05) is 20.8 Å². The van der Waals surface area contributed by atoms with E-state index in [1.54, 1.807) is 24.3 Å². The Morgan fingerprint density at radius 3 is 2.33 bits per heavy atom. The van der Waals surface area contributed by atoms with Crippen LogP contribution < -0.4 is 5.32 Å². The fourth-order valence-corrected chi connectivity index (χ4v) is 2.16. The minimum Gasteiger partial charge on any atom is -0.451 e. The van der Waals surface area contributed by atoms with Gasteiger partial charge in [0.05, 0.1) is 6.54 Å². The molecule has 0 unspecified atom stereocenters. The first kappa shape index (κ1) is 17.7. The molecule has 128 valence electrons. The molecule has 6 heteroatoms. The SMILES string of the molecule is CN(CC(=O)NC(C)(C)C)C(=O)c1ccc(-c2ccc(F)cc2)o1. The van der Waals surface area contributed by atoms with Gasteiger partial charge < -0.3 is 14.6 Å². The Hall–Kier alpha value is -2.63. The standard InChI is InChI=1S/C18H21FN2O3/c1-18(2,3)20-16(22)11-21(4)17(23)15-10-9-14(24-15)12-5-7-13(19)8-6-12/h5-10H,11H2,1-4H3,(H,20,22). The Morgan fingerprint density at radius 1 is 1.12 bits per heavy atom. The van der Waals surface area contributed by atoms with E-state index < -0.39 is 5.91 Å². The third-order valence-electron chi connectivity index (χ3n) is 3.19. The van der Waals surface area contributed by atoms with Gasteiger partial charge >= 0.3 is 0 Å². The number of carbonyl (C=O) groups excluding carboxylic acids is 2. The molecule has 0 saturated heterocycles. The van der Waals surface area contributed by atoms with Crippen LogP contribution in [0.5, 0.6) is 0 Å². The number of hydrogen-bond donors (Lipinski definition) is 1. The Bertz CT molecular complexity index is 729. The maximum Gasteiger partial charge on any atom is 0.289 e. The molecule has 0 saturated carbocycles. The van der Waals surface area contributed by atoms with E-state index in [9.17, 15) is 14.0 Å². The molecule has 0 aliphatic carbocycles. The molecule has 1 N–H and O–H groups in total. The molecule has 0 spiro atoms. The largest absolute Gasteiger partial charge is 0.451 e. The van der Waals surface area contributed by atoms with Crippen LogP contribution in [-0.2, 0) is 4.79 Å². The number of nitrogens with zero attached hydrogens (tertiary/aromatic N) is 1. The second kappa shape index (κ2) is 6.86. The van der Waals surface area contributed by atoms with Gasteiger partial charge in [0.15, 0.2) is 5.76 Å². The third-order valence-corrected chi connectivity index (χ3v) is 3.19. The number of likely N-dealkylation sites (N-methyl/N-ethyl adjacent to an activating group) is 1. The van der Waals surface area contributed by atoms with Crippen molar-refractivity contribution in [2.24, 2.45) is 0 Å². The number of furan rings is 1. The minimum atomic E-state index is -0.396. The highest BCUT2D eigenvalue weighted by Gasteiger charge is 2.21. The molecule has 0 atom stereocenters. The van der Waals surface area contributed by atoms with Crippen LogP contribution in [0, 0.1) is 5.82 Å². The number of carbonyl (C=O) groups is 2. The molecule has 5 nitrogen and oxygen atoms in total. The second-order valence-corrected chi connectivity index (χ2v) is 6.63. The first-order valence-electron chi connectivity index (χ1n) is 7.58. The number of halogens is 1. The lowest BCUT2D eigenvalue weighted by Crippen LogP contribution is -2.46. The number of hydrogen-bond acceptors (Lipinski definition) is 3. The molecule has 1 aromatic carbocycles. The normalized spacial score (nSPS) is 11.2. The van der Waals surface area contributed by atoms with Crippen LogP contribution in [0.25, 0.3) is 11.3 Å². The Labute approximate surface area is 140 Å². The minimum absolute atomic E-state index is 0.0668. The molecular weight excluding hydrogens is 311 g/mol. The maximum atomic E-state index is 13.0. The summed E-state index contributed by atoms with van der Waals surface area (Å²) in [6, 6.07) is 8.97. The van der Waals surface area contributed by atoms with Crippen LogP contribution in [0.4, 0.5) is 4.39 Å². The van der Waals surface area contributed by atoms with E-state index in [0.717, 1.165) is 0 Å². The van der Waals surface area contributed by atoms with Gasteiger partial charge in [-0.3, -0.25) is 9.59 Å². The summed E-state index contributed by atoms with van der Waals surface area (Å²) in [4.78, 5) is 25.5. The monoisotopic (exact) mass is 332 g/mol. The first-order valence-corrected chi connectivity index (χ1v) is 7.58. The van der Waals surface area contributed by atoms with Gasteiger partial charge in [-0.25, -0.2) is 4.39 Å². The highest BCUT2D eigenvalue weighted by atomic mass is 19.1. The lowest BCUT2D eigenvalue weighted by Gasteiger charge is -2.23. The Morgan fingerprint density at radius 2 is 1.75 bits per heavy atom. The number of rotatable bonds is 4. The molecule has 0 radical (unpaired) electrons. The van der Waals surface area contributed by atoms with Crippen molar-refractivity contribution in [3.63, 3.8) is 0 Å². The van der Waals surface area contributed by atoms with Gasteiger partial charge in [-0.1, -0.05) is 0 Å². The zero-order valence-electron chi connectivity index (χ0n) is 14.2. The highest BCUT2D eigenvalue weighted by molar-refractivity contribution is 5.94. The Kier molecular flexibility index (Phi) is 5.07. The fraction of sp³-hybridized carbons (Fsp3) is 0.333. The summed E-state index contributed by atoms with van der Waals surface area (Å²) < 4.78 is 18.5. The molecule has 2 rings (SSSR count). The van der Waals surface area contributed by atoms with E-state index in [2.05, 4.69) is 5.32 Å². The Balaban J connectivity index is 2.05. The predicted octanol–water partition coefficient (Wildman–Crippen LogP) is 3.07. The average Bonchev–Trinajstić information content (AvgIpc) is 2.94. The summed E-state index contributed by atoms with van der Waals surface area (Å²) in [5, 5.41) is 2.79. The maximum absolute atomic E-state index is 13.0. The van der Waals surface area contributed by atoms with E-state index in [0.29, 0.717) is 11.3 Å². The number of amides is 2. The van der Waals surface area contributed by atoms with Gasteiger partial charge in [0, 0.05) is 18.2 Å². The zero-order chi connectivity index (χ0) is 17.9. The number of benzene rings is 1. The van der Waals surface area contributed by atoms with Crippen molar-refractivity contribution >= 4 is 11.8 Å². The molecule has 0 aliphatic rings. The van der Waals surface area contributed by atoms with Gasteiger partial charge in [0.25, 0.3) is 5.91 Å². The van der Waals surface area contributed by atoms with Crippen LogP contribution in [0.1, 0.15) is 31.3 Å². The summed E-state index contributed by atoms with van der Waals surface area (Å²) in [6.45, 7) is 5.54. The van der Waals surface area contributed by atoms with E-state index in [-0.39, 0.29) is 29.6 Å². The molecule has 0 bridgehead atoms. The molecule has 1 aromatic heterocycles. The van der Waals surface area contributed by atoms with Crippen molar-refractivity contribution in [2.75, 3.05) is 13.6 Å². The number of nitrogens with one attached hydrogen (secondary N) is 1. The first-order chi connectivity index (χ1) is 11.2. The van der Waals surface area contributed by atoms with Crippen molar-refractivity contribution in [3.8, 4) is 11.3 Å². The van der Waals surface area contributed by atoms with Gasteiger partial charge in [0.2, 0.25) is 5.91 Å². The van der Waals surface area contributed by atoms with Gasteiger partial charge in [-0.05, 0) is 57.2 Å². The summed E-state index contributed by atoms with van der Waals surface area (Å²) in [7, 11) is 1.53. The topological polar surface area (TPSA) is 62.6 Å². The van der Waals surface area contributed by atoms with Crippen LogP contribution in [0.2, 0.25) is 0 Å². The molecule has 2 amide bonds. The van der Waals surface area contributed by atoms with E-state index in [4.69, 9.17) is 4.42 Å². The summed E-state index contributed by atoms with van der Waals surface area (Å²) in [6.07, 6.45) is 0. The van der Waals surface area contributed by atoms with E-state index in [1.165, 1.54) is 24.1 Å². The molecule has 0 aliphatic heterocycles. The molecule has 0 fully saturated rings. The van der Waals surface area contributed by atoms with Crippen LogP contribution in [-0.4, -0.2) is 35.8 Å². The smallest absolute Gasteiger partial charge is 0.289 e. The summed E-state index contributed by atoms with van der Waals surface area (Å²) >= 11 is 0. The second-order valence-electron chi connectivity index (χ2n) is 6.63. The molecule has 24 heavy (non-hydrogen) atoms. The van der Waals surface area contributed by atoms with Gasteiger partial charge in [-0.2, -0.15) is 0 Å². The lowest BCUT2D eigenvalue weighted by atomic mass is 10.1. The third kappa shape index (κ3) is 4.68. The molecular formula is C18H21FN2O3. The fourth-order valence-electron chi connectivity index (χ4n) is 2.16. The van der Waals surface area contributed by atoms with Crippen LogP contribution in [0.3, 0.4) is 0 Å². The summed E-state index contributed by atoms with van der Waals surface area (Å²) in [5.41, 5.74) is 0.310. The average molecular weight is 332 g/mol. The highest BCUT2D eigenvalue weighted by Crippen LogP contribution is 2.23. The predicted molar refractivity (Wildman–Crippen MR) is 89.0 cm³/mol. The van der Waals surface area contributed by atoms with Crippen molar-refractivity contribution < 1.29 is 18.4 Å². The van der Waals surface area contributed by atoms with Gasteiger partial charge in [0.1, 0.15) is 11.6 Å². The zero-order valence-corrected chi connectivity index (χ0v) is 14.2. The van der Waals surface area contributed by atoms with Crippen LogP contribution >= 0.6 is 0 Å². The molecule has 1 heterocycles. The van der Waals surface area contributed by atoms with E-state index >= 15 is 0 Å². The summed E-state index contributed by atoms with van der Waals surface area (Å²) in [5.74, 6) is -0.395.